The molecule has 0 bridgehead atoms. The van der Waals surface area contributed by atoms with E-state index in [4.69, 9.17) is 10.5 Å². The van der Waals surface area contributed by atoms with E-state index in [1.165, 1.54) is 44.9 Å². The van der Waals surface area contributed by atoms with E-state index >= 15 is 0 Å². The van der Waals surface area contributed by atoms with Crippen molar-refractivity contribution in [1.29, 1.82) is 0 Å². The number of hydrogen-bond acceptors (Lipinski definition) is 3. The number of halogens is 1. The molecule has 4 nitrogen and oxygen atoms in total. The summed E-state index contributed by atoms with van der Waals surface area (Å²) in [5.41, 5.74) is 5.61. The molecule has 0 aromatic heterocycles. The molecule has 0 radical (unpaired) electrons. The summed E-state index contributed by atoms with van der Waals surface area (Å²) in [4.78, 5) is 14.5. The molecule has 0 aromatic rings. The maximum absolute atomic E-state index is 12.4. The van der Waals surface area contributed by atoms with Gasteiger partial charge >= 0.3 is 0 Å². The highest BCUT2D eigenvalue weighted by Crippen LogP contribution is 2.31. The molecule has 0 heterocycles. The van der Waals surface area contributed by atoms with Crippen LogP contribution in [0.4, 0.5) is 0 Å². The van der Waals surface area contributed by atoms with Crippen LogP contribution in [0.25, 0.3) is 0 Å². The Morgan fingerprint density at radius 1 is 1.25 bits per heavy atom. The van der Waals surface area contributed by atoms with Crippen LogP contribution in [0.2, 0.25) is 0 Å². The lowest BCUT2D eigenvalue weighted by atomic mass is 9.89. The summed E-state index contributed by atoms with van der Waals surface area (Å²) in [7, 11) is 1.63. The minimum Gasteiger partial charge on any atom is -0.380 e. The quantitative estimate of drug-likeness (QED) is 0.785. The number of amides is 1. The van der Waals surface area contributed by atoms with Crippen LogP contribution in [0.1, 0.15) is 51.4 Å². The predicted octanol–water partition coefficient (Wildman–Crippen LogP) is 2.34. The SMILES string of the molecule is COC(CN)CC(=O)N(CC1CCCCC1)C1CC1.Cl. The van der Waals surface area contributed by atoms with E-state index in [-0.39, 0.29) is 24.4 Å². The van der Waals surface area contributed by atoms with Crippen molar-refractivity contribution in [3.63, 3.8) is 0 Å². The lowest BCUT2D eigenvalue weighted by molar-refractivity contribution is -0.135. The number of carbonyl (C=O) groups is 1. The third-order valence-corrected chi connectivity index (χ3v) is 4.49. The van der Waals surface area contributed by atoms with E-state index in [0.29, 0.717) is 19.0 Å². The Morgan fingerprint density at radius 3 is 2.40 bits per heavy atom. The minimum absolute atomic E-state index is 0. The number of ether oxygens (including phenoxy) is 1. The minimum atomic E-state index is -0.125. The topological polar surface area (TPSA) is 55.6 Å². The summed E-state index contributed by atoms with van der Waals surface area (Å²) in [5, 5.41) is 0. The lowest BCUT2D eigenvalue weighted by Gasteiger charge is -2.30. The number of methoxy groups -OCH3 is 1. The third kappa shape index (κ3) is 5.23. The van der Waals surface area contributed by atoms with Gasteiger partial charge < -0.3 is 15.4 Å². The highest BCUT2D eigenvalue weighted by Gasteiger charge is 2.34. The smallest absolute Gasteiger partial charge is 0.225 e. The molecule has 0 spiro atoms. The fraction of sp³-hybridized carbons (Fsp3) is 0.933. The van der Waals surface area contributed by atoms with Gasteiger partial charge in [0, 0.05) is 26.2 Å². The van der Waals surface area contributed by atoms with Crippen molar-refractivity contribution in [2.45, 2.75) is 63.5 Å². The van der Waals surface area contributed by atoms with E-state index in [1.807, 2.05) is 0 Å². The van der Waals surface area contributed by atoms with Gasteiger partial charge in [-0.3, -0.25) is 4.79 Å². The first-order chi connectivity index (χ1) is 9.24. The maximum Gasteiger partial charge on any atom is 0.225 e. The van der Waals surface area contributed by atoms with Crippen molar-refractivity contribution in [3.05, 3.63) is 0 Å². The molecule has 118 valence electrons. The molecule has 5 heteroatoms. The van der Waals surface area contributed by atoms with Crippen LogP contribution in [0.3, 0.4) is 0 Å². The Balaban J connectivity index is 0.00000200. The maximum atomic E-state index is 12.4. The van der Waals surface area contributed by atoms with Gasteiger partial charge in [-0.1, -0.05) is 19.3 Å². The zero-order chi connectivity index (χ0) is 13.7. The van der Waals surface area contributed by atoms with Gasteiger partial charge in [-0.2, -0.15) is 0 Å². The summed E-state index contributed by atoms with van der Waals surface area (Å²) >= 11 is 0. The fourth-order valence-electron chi connectivity index (χ4n) is 3.06. The van der Waals surface area contributed by atoms with Crippen molar-refractivity contribution in [2.75, 3.05) is 20.2 Å². The lowest BCUT2D eigenvalue weighted by Crippen LogP contribution is -2.40. The highest BCUT2D eigenvalue weighted by molar-refractivity contribution is 5.85. The van der Waals surface area contributed by atoms with Crippen LogP contribution >= 0.6 is 12.4 Å². The van der Waals surface area contributed by atoms with Crippen molar-refractivity contribution in [2.24, 2.45) is 11.7 Å². The number of carbonyl (C=O) groups excluding carboxylic acids is 1. The molecule has 0 aromatic carbocycles. The second kappa shape index (κ2) is 8.85. The summed E-state index contributed by atoms with van der Waals surface area (Å²) in [6.45, 7) is 1.38. The normalized spacial score (nSPS) is 21.1. The predicted molar refractivity (Wildman–Crippen MR) is 83.0 cm³/mol. The van der Waals surface area contributed by atoms with Gasteiger partial charge in [0.15, 0.2) is 0 Å². The van der Waals surface area contributed by atoms with Crippen LogP contribution < -0.4 is 5.73 Å². The van der Waals surface area contributed by atoms with Crippen LogP contribution in [0.5, 0.6) is 0 Å². The Kier molecular flexibility index (Phi) is 7.85. The van der Waals surface area contributed by atoms with E-state index in [1.54, 1.807) is 7.11 Å². The van der Waals surface area contributed by atoms with Gasteiger partial charge in [-0.25, -0.2) is 0 Å². The zero-order valence-electron chi connectivity index (χ0n) is 12.6. The van der Waals surface area contributed by atoms with Crippen LogP contribution in [0, 0.1) is 5.92 Å². The molecule has 1 amide bonds. The second-order valence-corrected chi connectivity index (χ2v) is 6.08. The number of rotatable bonds is 7. The van der Waals surface area contributed by atoms with Gasteiger partial charge in [0.25, 0.3) is 0 Å². The van der Waals surface area contributed by atoms with E-state index < -0.39 is 0 Å². The van der Waals surface area contributed by atoms with E-state index in [9.17, 15) is 4.79 Å². The zero-order valence-corrected chi connectivity index (χ0v) is 13.4. The summed E-state index contributed by atoms with van der Waals surface area (Å²) in [5.74, 6) is 0.961. The molecule has 2 rings (SSSR count). The monoisotopic (exact) mass is 304 g/mol. The first-order valence-corrected chi connectivity index (χ1v) is 7.77. The molecule has 2 fully saturated rings. The Hall–Kier alpha value is -0.320. The molecular weight excluding hydrogens is 276 g/mol. The van der Waals surface area contributed by atoms with E-state index in [2.05, 4.69) is 4.90 Å². The molecule has 2 saturated carbocycles. The second-order valence-electron chi connectivity index (χ2n) is 6.08. The standard InChI is InChI=1S/C15H28N2O2.ClH/c1-19-14(10-16)9-15(18)17(13-7-8-13)11-12-5-3-2-4-6-12;/h12-14H,2-11,16H2,1H3;1H. The molecule has 2 aliphatic rings. The largest absolute Gasteiger partial charge is 0.380 e. The number of hydrogen-bond donors (Lipinski definition) is 1. The molecule has 20 heavy (non-hydrogen) atoms. The van der Waals surface area contributed by atoms with Crippen LogP contribution in [-0.2, 0) is 9.53 Å². The van der Waals surface area contributed by atoms with Gasteiger partial charge in [0.2, 0.25) is 5.91 Å². The van der Waals surface area contributed by atoms with Crippen molar-refractivity contribution < 1.29 is 9.53 Å². The van der Waals surface area contributed by atoms with Gasteiger partial charge in [0.1, 0.15) is 0 Å². The van der Waals surface area contributed by atoms with Crippen molar-refractivity contribution in [1.82, 2.24) is 4.90 Å². The average Bonchev–Trinajstić information content (AvgIpc) is 3.27. The summed E-state index contributed by atoms with van der Waals surface area (Å²) < 4.78 is 5.24. The average molecular weight is 305 g/mol. The summed E-state index contributed by atoms with van der Waals surface area (Å²) in [6.07, 6.45) is 9.30. The van der Waals surface area contributed by atoms with Gasteiger partial charge in [0.05, 0.1) is 12.5 Å². The van der Waals surface area contributed by atoms with Crippen LogP contribution in [0.15, 0.2) is 0 Å². The molecular formula is C15H29ClN2O2. The van der Waals surface area contributed by atoms with Crippen molar-refractivity contribution >= 4 is 18.3 Å². The molecule has 2 N–H and O–H groups in total. The van der Waals surface area contributed by atoms with Crippen LogP contribution in [-0.4, -0.2) is 43.2 Å². The van der Waals surface area contributed by atoms with E-state index in [0.717, 1.165) is 12.5 Å². The summed E-state index contributed by atoms with van der Waals surface area (Å²) in [6, 6.07) is 0.504. The van der Waals surface area contributed by atoms with Crippen molar-refractivity contribution in [3.8, 4) is 0 Å². The molecule has 2 aliphatic carbocycles. The molecule has 0 saturated heterocycles. The Morgan fingerprint density at radius 2 is 1.90 bits per heavy atom. The Bertz CT molecular complexity index is 288. The molecule has 0 aliphatic heterocycles. The first kappa shape index (κ1) is 17.7. The van der Waals surface area contributed by atoms with Gasteiger partial charge in [-0.05, 0) is 31.6 Å². The number of nitrogens with two attached hydrogens (primary N) is 1. The first-order valence-electron chi connectivity index (χ1n) is 7.77. The molecule has 1 atom stereocenters. The Labute approximate surface area is 128 Å². The highest BCUT2D eigenvalue weighted by atomic mass is 35.5. The third-order valence-electron chi connectivity index (χ3n) is 4.49. The van der Waals surface area contributed by atoms with Gasteiger partial charge in [-0.15, -0.1) is 12.4 Å². The molecule has 1 unspecified atom stereocenters. The number of nitrogens with zero attached hydrogens (tertiary/aromatic N) is 1. The fourth-order valence-corrected chi connectivity index (χ4v) is 3.06.